The Hall–Kier alpha value is -5.48. The summed E-state index contributed by atoms with van der Waals surface area (Å²) in [5, 5.41) is 14.5. The highest BCUT2D eigenvalue weighted by Gasteiger charge is 2.33. The van der Waals surface area contributed by atoms with Crippen molar-refractivity contribution >= 4 is 60.5 Å². The van der Waals surface area contributed by atoms with Gasteiger partial charge in [-0.2, -0.15) is 0 Å². The van der Waals surface area contributed by atoms with Crippen LogP contribution in [0.3, 0.4) is 0 Å². The van der Waals surface area contributed by atoms with E-state index in [0.29, 0.717) is 0 Å². The fourth-order valence-corrected chi connectivity index (χ4v) is 6.75. The third-order valence-electron chi connectivity index (χ3n) is 8.63. The molecule has 6 aromatic carbocycles. The van der Waals surface area contributed by atoms with E-state index in [4.69, 9.17) is 4.42 Å². The summed E-state index contributed by atoms with van der Waals surface area (Å²) < 4.78 is 6.74. The number of fused-ring (bicyclic) bond motifs is 8. The molecule has 0 radical (unpaired) electrons. The minimum Gasteiger partial charge on any atom is -0.455 e. The van der Waals surface area contributed by atoms with Gasteiger partial charge in [-0.05, 0) is 69.6 Å². The summed E-state index contributed by atoms with van der Waals surface area (Å²) in [5.74, 6) is 0. The predicted molar refractivity (Wildman–Crippen MR) is 175 cm³/mol. The Kier molecular flexibility index (Phi) is 4.99. The van der Waals surface area contributed by atoms with Crippen molar-refractivity contribution in [3.8, 4) is 11.1 Å². The molecule has 4 heteroatoms. The van der Waals surface area contributed by atoms with Gasteiger partial charge in [-0.1, -0.05) is 91.0 Å². The number of rotatable bonds is 3. The minimum atomic E-state index is -0.0308. The lowest BCUT2D eigenvalue weighted by atomic mass is 9.94. The lowest BCUT2D eigenvalue weighted by molar-refractivity contribution is 0.670. The number of hydrogen-bond acceptors (Lipinski definition) is 4. The Labute approximate surface area is 243 Å². The molecule has 9 rings (SSSR count). The molecule has 0 amide bonds. The molecule has 2 aliphatic rings. The van der Waals surface area contributed by atoms with Crippen LogP contribution in [0.4, 0.5) is 17.1 Å². The Balaban J connectivity index is 1.29. The molecule has 1 aromatic heterocycles. The van der Waals surface area contributed by atoms with E-state index in [0.717, 1.165) is 51.6 Å². The molecule has 0 fully saturated rings. The third-order valence-corrected chi connectivity index (χ3v) is 8.63. The molecule has 0 bridgehead atoms. The summed E-state index contributed by atoms with van der Waals surface area (Å²) in [6, 6.07) is 41.2. The van der Waals surface area contributed by atoms with Crippen LogP contribution in [0.5, 0.6) is 0 Å². The van der Waals surface area contributed by atoms with E-state index in [-0.39, 0.29) is 6.17 Å². The first-order chi connectivity index (χ1) is 20.8. The Morgan fingerprint density at radius 1 is 0.714 bits per heavy atom. The number of furan rings is 1. The predicted octanol–water partition coefficient (Wildman–Crippen LogP) is 9.49. The molecule has 0 saturated carbocycles. The molecule has 1 unspecified atom stereocenters. The van der Waals surface area contributed by atoms with Crippen molar-refractivity contribution in [3.63, 3.8) is 0 Å². The van der Waals surface area contributed by atoms with E-state index >= 15 is 0 Å². The van der Waals surface area contributed by atoms with Crippen LogP contribution in [0.2, 0.25) is 0 Å². The average molecular weight is 542 g/mol. The molecule has 0 saturated heterocycles. The number of para-hydroxylation sites is 2. The lowest BCUT2D eigenvalue weighted by Crippen LogP contribution is -2.39. The van der Waals surface area contributed by atoms with Gasteiger partial charge in [0.05, 0.1) is 17.1 Å². The molecule has 42 heavy (non-hydrogen) atoms. The van der Waals surface area contributed by atoms with Crippen LogP contribution in [0.25, 0.3) is 54.6 Å². The normalized spacial score (nSPS) is 16.1. The minimum absolute atomic E-state index is 0.0308. The quantitative estimate of drug-likeness (QED) is 0.234. The topological polar surface area (TPSA) is 40.4 Å². The Morgan fingerprint density at radius 3 is 2.40 bits per heavy atom. The zero-order valence-corrected chi connectivity index (χ0v) is 22.8. The first-order valence-electron chi connectivity index (χ1n) is 14.4. The maximum atomic E-state index is 6.74. The van der Waals surface area contributed by atoms with Gasteiger partial charge in [0.25, 0.3) is 0 Å². The van der Waals surface area contributed by atoms with Gasteiger partial charge in [-0.3, -0.25) is 0 Å². The molecular weight excluding hydrogens is 514 g/mol. The number of nitrogens with zero attached hydrogens (tertiary/aromatic N) is 1. The molecule has 2 aliphatic heterocycles. The summed E-state index contributed by atoms with van der Waals surface area (Å²) in [5.41, 5.74) is 8.62. The number of nitrogens with one attached hydrogen (secondary N) is 2. The van der Waals surface area contributed by atoms with Crippen LogP contribution in [-0.2, 0) is 0 Å². The van der Waals surface area contributed by atoms with Crippen molar-refractivity contribution in [2.45, 2.75) is 6.17 Å². The number of anilines is 3. The van der Waals surface area contributed by atoms with Crippen LogP contribution in [0.1, 0.15) is 0 Å². The summed E-state index contributed by atoms with van der Waals surface area (Å²) in [6.07, 6.45) is 6.40. The fourth-order valence-electron chi connectivity index (χ4n) is 6.75. The largest absolute Gasteiger partial charge is 0.455 e. The molecule has 1 atom stereocenters. The van der Waals surface area contributed by atoms with E-state index in [9.17, 15) is 0 Å². The maximum Gasteiger partial charge on any atom is 0.145 e. The van der Waals surface area contributed by atoms with Crippen molar-refractivity contribution < 1.29 is 4.42 Å². The highest BCUT2D eigenvalue weighted by Crippen LogP contribution is 2.46. The van der Waals surface area contributed by atoms with E-state index < -0.39 is 0 Å². The molecule has 7 aromatic rings. The second-order valence-electron chi connectivity index (χ2n) is 11.0. The van der Waals surface area contributed by atoms with Crippen molar-refractivity contribution in [1.29, 1.82) is 0 Å². The summed E-state index contributed by atoms with van der Waals surface area (Å²) in [4.78, 5) is 2.39. The van der Waals surface area contributed by atoms with Gasteiger partial charge in [0.15, 0.2) is 0 Å². The van der Waals surface area contributed by atoms with E-state index in [1.54, 1.807) is 0 Å². The molecule has 200 valence electrons. The van der Waals surface area contributed by atoms with Gasteiger partial charge in [0.1, 0.15) is 17.3 Å². The lowest BCUT2D eigenvalue weighted by Gasteiger charge is -2.30. The molecular formula is C38H27N3O. The smallest absolute Gasteiger partial charge is 0.145 e. The number of hydrogen-bond donors (Lipinski definition) is 2. The van der Waals surface area contributed by atoms with Crippen LogP contribution >= 0.6 is 0 Å². The zero-order chi connectivity index (χ0) is 27.6. The van der Waals surface area contributed by atoms with E-state index in [2.05, 4.69) is 149 Å². The van der Waals surface area contributed by atoms with Gasteiger partial charge in [0.2, 0.25) is 0 Å². The highest BCUT2D eigenvalue weighted by atomic mass is 16.3. The summed E-state index contributed by atoms with van der Waals surface area (Å²) in [7, 11) is 0. The van der Waals surface area contributed by atoms with Gasteiger partial charge in [-0.25, -0.2) is 0 Å². The summed E-state index contributed by atoms with van der Waals surface area (Å²) in [6.45, 7) is 0.823. The standard InChI is InChI=1S/C38H27N3O/c1-3-14-28-24(10-1)19-20-34-35(28)36-29-15-4-2-11-26(29)23-30(37(36)42-34)25-12-9-13-27(22-25)41-33-18-6-5-16-31(33)40-38(41)32-17-7-8-21-39-32/h1-20,22-23,38-40H,21H2. The molecule has 2 N–H and O–H groups in total. The first kappa shape index (κ1) is 23.2. The molecule has 0 aliphatic carbocycles. The van der Waals surface area contributed by atoms with Crippen molar-refractivity contribution in [2.24, 2.45) is 0 Å². The fraction of sp³-hybridized carbons (Fsp3) is 0.0526. The van der Waals surface area contributed by atoms with Crippen molar-refractivity contribution in [3.05, 3.63) is 139 Å². The Bertz CT molecular complexity index is 2260. The highest BCUT2D eigenvalue weighted by molar-refractivity contribution is 6.28. The zero-order valence-electron chi connectivity index (χ0n) is 22.8. The van der Waals surface area contributed by atoms with Crippen LogP contribution < -0.4 is 15.5 Å². The van der Waals surface area contributed by atoms with Crippen molar-refractivity contribution in [2.75, 3.05) is 16.8 Å². The van der Waals surface area contributed by atoms with E-state index in [1.807, 2.05) is 0 Å². The number of dihydropyridines is 1. The number of allylic oxidation sites excluding steroid dienone is 2. The monoisotopic (exact) mass is 541 g/mol. The van der Waals surface area contributed by atoms with Crippen LogP contribution in [0.15, 0.2) is 144 Å². The van der Waals surface area contributed by atoms with E-state index in [1.165, 1.54) is 32.3 Å². The van der Waals surface area contributed by atoms with Gasteiger partial charge in [0, 0.05) is 28.6 Å². The van der Waals surface area contributed by atoms with Gasteiger partial charge in [-0.15, -0.1) is 0 Å². The second-order valence-corrected chi connectivity index (χ2v) is 11.0. The summed E-state index contributed by atoms with van der Waals surface area (Å²) >= 11 is 0. The van der Waals surface area contributed by atoms with Crippen LogP contribution in [0, 0.1) is 0 Å². The maximum absolute atomic E-state index is 6.74. The molecule has 0 spiro atoms. The average Bonchev–Trinajstić information content (AvgIpc) is 3.65. The third kappa shape index (κ3) is 3.42. The first-order valence-corrected chi connectivity index (χ1v) is 14.4. The number of benzene rings is 6. The van der Waals surface area contributed by atoms with Gasteiger partial charge >= 0.3 is 0 Å². The molecule has 4 nitrogen and oxygen atoms in total. The van der Waals surface area contributed by atoms with Crippen LogP contribution in [-0.4, -0.2) is 12.7 Å². The SMILES string of the molecule is C1=CCNC(C2Nc3ccccc3N2c2cccc(-c3cc4ccccc4c4c3oc3ccc5ccccc5c34)c2)=C1. The van der Waals surface area contributed by atoms with Gasteiger partial charge < -0.3 is 20.0 Å². The van der Waals surface area contributed by atoms with Crippen molar-refractivity contribution in [1.82, 2.24) is 5.32 Å². The molecule has 3 heterocycles. The second kappa shape index (κ2) is 9.02. The Morgan fingerprint density at radius 2 is 1.52 bits per heavy atom.